The standard InChI is InChI=1S/C37H36F3N3O8/c1-18-12-21-13-23-25(15-41)43-24(30(42(23)3)28(21)31(45)32(18)47-4)14-22-29(26(43)16-48-27(44)11-10-20-8-6-5-7-9-20)35-34(49-17-50-35)19(2)33(22)51-36(46)37(38,39)40/h5-9,12,23-26,30,45H,10-11,13-14,16-17H2,1-4H3/t23-,24?,25+,26+,30+/m1/s1. The molecule has 1 unspecified atom stereocenters. The molecular weight excluding hydrogens is 671 g/mol. The van der Waals surface area contributed by atoms with E-state index >= 15 is 0 Å². The van der Waals surface area contributed by atoms with Crippen molar-refractivity contribution in [2.24, 2.45) is 0 Å². The van der Waals surface area contributed by atoms with E-state index in [1.54, 1.807) is 0 Å². The number of fused-ring (bicyclic) bond motifs is 9. The second-order valence-corrected chi connectivity index (χ2v) is 13.3. The monoisotopic (exact) mass is 707 g/mol. The summed E-state index contributed by atoms with van der Waals surface area (Å²) in [6, 6.07) is 10.4. The van der Waals surface area contributed by atoms with E-state index < -0.39 is 42.3 Å². The van der Waals surface area contributed by atoms with E-state index in [-0.39, 0.29) is 72.2 Å². The van der Waals surface area contributed by atoms with Gasteiger partial charge in [-0.2, -0.15) is 18.4 Å². The average Bonchev–Trinajstić information content (AvgIpc) is 3.59. The molecule has 0 aliphatic carbocycles. The number of phenols is 1. The number of nitrogens with zero attached hydrogens (tertiary/aromatic N) is 3. The van der Waals surface area contributed by atoms with E-state index in [1.165, 1.54) is 14.0 Å². The third kappa shape index (κ3) is 5.68. The summed E-state index contributed by atoms with van der Waals surface area (Å²) < 4.78 is 69.3. The molecule has 4 heterocycles. The minimum absolute atomic E-state index is 0.0132. The van der Waals surface area contributed by atoms with Crippen molar-refractivity contribution >= 4 is 11.9 Å². The van der Waals surface area contributed by atoms with Crippen LogP contribution in [0.15, 0.2) is 36.4 Å². The first-order valence-electron chi connectivity index (χ1n) is 16.6. The van der Waals surface area contributed by atoms with Crippen molar-refractivity contribution in [1.82, 2.24) is 9.80 Å². The lowest BCUT2D eigenvalue weighted by Gasteiger charge is -2.59. The third-order valence-corrected chi connectivity index (χ3v) is 10.6. The van der Waals surface area contributed by atoms with Gasteiger partial charge in [0.05, 0.1) is 25.3 Å². The number of ether oxygens (including phenoxy) is 5. The van der Waals surface area contributed by atoms with Gasteiger partial charge in [0, 0.05) is 40.8 Å². The van der Waals surface area contributed by atoms with E-state index in [9.17, 15) is 33.1 Å². The lowest BCUT2D eigenvalue weighted by atomic mass is 9.71. The van der Waals surface area contributed by atoms with Crippen molar-refractivity contribution in [3.8, 4) is 34.8 Å². The number of hydrogen-bond donors (Lipinski definition) is 1. The Bertz CT molecular complexity index is 1950. The Balaban J connectivity index is 1.38. The lowest BCUT2D eigenvalue weighted by molar-refractivity contribution is -0.189. The number of aromatic hydroxyl groups is 1. The van der Waals surface area contributed by atoms with Crippen molar-refractivity contribution in [3.63, 3.8) is 0 Å². The van der Waals surface area contributed by atoms with E-state index in [1.807, 2.05) is 60.2 Å². The van der Waals surface area contributed by atoms with Gasteiger partial charge >= 0.3 is 18.1 Å². The van der Waals surface area contributed by atoms with E-state index in [0.717, 1.165) is 11.1 Å². The number of carbonyl (C=O) groups is 2. The second kappa shape index (κ2) is 13.0. The van der Waals surface area contributed by atoms with Crippen LogP contribution in [-0.2, 0) is 33.6 Å². The van der Waals surface area contributed by atoms with E-state index in [4.69, 9.17) is 23.7 Å². The normalized spacial score (nSPS) is 23.4. The van der Waals surface area contributed by atoms with Crippen molar-refractivity contribution in [3.05, 3.63) is 75.3 Å². The molecule has 268 valence electrons. The molecular formula is C37H36F3N3O8. The number of rotatable bonds is 7. The molecule has 4 aliphatic heterocycles. The van der Waals surface area contributed by atoms with Gasteiger partial charge < -0.3 is 28.8 Å². The first-order valence-corrected chi connectivity index (χ1v) is 16.6. The van der Waals surface area contributed by atoms with Crippen LogP contribution in [0.25, 0.3) is 0 Å². The molecule has 7 rings (SSSR count). The first kappa shape index (κ1) is 34.4. The second-order valence-electron chi connectivity index (χ2n) is 13.3. The third-order valence-electron chi connectivity index (χ3n) is 10.6. The summed E-state index contributed by atoms with van der Waals surface area (Å²) in [6.07, 6.45) is -4.43. The molecule has 1 saturated heterocycles. The minimum Gasteiger partial charge on any atom is -0.504 e. The Morgan fingerprint density at radius 2 is 1.78 bits per heavy atom. The Morgan fingerprint density at radius 1 is 1.06 bits per heavy atom. The molecule has 51 heavy (non-hydrogen) atoms. The summed E-state index contributed by atoms with van der Waals surface area (Å²) in [5.74, 6) is -2.72. The van der Waals surface area contributed by atoms with Gasteiger partial charge in [-0.25, -0.2) is 4.79 Å². The highest BCUT2D eigenvalue weighted by atomic mass is 19.4. The molecule has 0 spiro atoms. The molecule has 0 amide bonds. The predicted molar refractivity (Wildman–Crippen MR) is 174 cm³/mol. The van der Waals surface area contributed by atoms with Gasteiger partial charge in [0.15, 0.2) is 23.0 Å². The van der Waals surface area contributed by atoms with Gasteiger partial charge in [0.2, 0.25) is 6.79 Å². The number of esters is 2. The van der Waals surface area contributed by atoms with Crippen LogP contribution in [0, 0.1) is 25.2 Å². The molecule has 0 aromatic heterocycles. The Labute approximate surface area is 292 Å². The molecule has 3 aromatic rings. The summed E-state index contributed by atoms with van der Waals surface area (Å²) in [5.41, 5.74) is 3.71. The number of aryl methyl sites for hydroxylation is 2. The number of nitriles is 1. The molecule has 1 N–H and O–H groups in total. The number of phenolic OH excluding ortho intramolecular Hbond substituents is 1. The Kier molecular flexibility index (Phi) is 8.75. The molecule has 5 atom stereocenters. The summed E-state index contributed by atoms with van der Waals surface area (Å²) in [7, 11) is 3.30. The predicted octanol–water partition coefficient (Wildman–Crippen LogP) is 5.16. The molecule has 14 heteroatoms. The topological polar surface area (TPSA) is 131 Å². The zero-order chi connectivity index (χ0) is 36.4. The summed E-state index contributed by atoms with van der Waals surface area (Å²) >= 11 is 0. The van der Waals surface area contributed by atoms with Gasteiger partial charge in [0.1, 0.15) is 18.4 Å². The van der Waals surface area contributed by atoms with Crippen LogP contribution in [0.3, 0.4) is 0 Å². The first-order chi connectivity index (χ1) is 24.3. The van der Waals surface area contributed by atoms with Crippen LogP contribution in [-0.4, -0.2) is 78.7 Å². The fourth-order valence-electron chi connectivity index (χ4n) is 8.41. The molecule has 3 aromatic carbocycles. The maximum absolute atomic E-state index is 13.7. The Hall–Kier alpha value is -5.00. The maximum atomic E-state index is 13.7. The molecule has 0 radical (unpaired) electrons. The van der Waals surface area contributed by atoms with Crippen LogP contribution in [0.2, 0.25) is 0 Å². The van der Waals surface area contributed by atoms with Gasteiger partial charge in [-0.15, -0.1) is 0 Å². The Morgan fingerprint density at radius 3 is 2.47 bits per heavy atom. The minimum atomic E-state index is -5.29. The quantitative estimate of drug-likeness (QED) is 0.258. The zero-order valence-electron chi connectivity index (χ0n) is 28.4. The van der Waals surface area contributed by atoms with Crippen molar-refractivity contribution < 1.29 is 51.6 Å². The van der Waals surface area contributed by atoms with Crippen LogP contribution in [0.5, 0.6) is 28.7 Å². The van der Waals surface area contributed by atoms with Crippen molar-refractivity contribution in [1.29, 1.82) is 5.26 Å². The van der Waals surface area contributed by atoms with E-state index in [2.05, 4.69) is 6.07 Å². The molecule has 4 aliphatic rings. The SMILES string of the molecule is COc1c(C)cc2c(c1O)[C@@H]1C3Cc4c(OC(=O)C(F)(F)F)c(C)c5c(c4[C@H](COC(=O)CCc4ccccc4)N3[C@@H](C#N)[C@@H](C2)N1C)OCO5. The number of methoxy groups -OCH3 is 1. The highest BCUT2D eigenvalue weighted by Crippen LogP contribution is 2.58. The number of piperazine rings is 1. The fourth-order valence-corrected chi connectivity index (χ4v) is 8.41. The molecule has 1 fully saturated rings. The highest BCUT2D eigenvalue weighted by Gasteiger charge is 2.57. The number of benzene rings is 3. The molecule has 0 saturated carbocycles. The average molecular weight is 708 g/mol. The number of carbonyl (C=O) groups excluding carboxylic acids is 2. The maximum Gasteiger partial charge on any atom is 0.491 e. The molecule has 11 nitrogen and oxygen atoms in total. The fraction of sp³-hybridized carbons (Fsp3) is 0.432. The van der Waals surface area contributed by atoms with Crippen LogP contribution in [0.4, 0.5) is 13.2 Å². The van der Waals surface area contributed by atoms with Crippen molar-refractivity contribution in [2.75, 3.05) is 27.6 Å². The number of alkyl halides is 3. The molecule has 2 bridgehead atoms. The largest absolute Gasteiger partial charge is 0.504 e. The van der Waals surface area contributed by atoms with Gasteiger partial charge in [-0.3, -0.25) is 14.6 Å². The number of likely N-dealkylation sites (N-methyl/N-ethyl adjacent to an activating group) is 1. The van der Waals surface area contributed by atoms with Crippen LogP contribution >= 0.6 is 0 Å². The summed E-state index contributed by atoms with van der Waals surface area (Å²) in [5, 5.41) is 22.5. The van der Waals surface area contributed by atoms with Gasteiger partial charge in [-0.05, 0) is 56.8 Å². The van der Waals surface area contributed by atoms with Crippen LogP contribution in [0.1, 0.15) is 57.4 Å². The van der Waals surface area contributed by atoms with Crippen molar-refractivity contribution in [2.45, 2.75) is 75.9 Å². The van der Waals surface area contributed by atoms with Gasteiger partial charge in [0.25, 0.3) is 0 Å². The number of hydrogen-bond acceptors (Lipinski definition) is 11. The number of halogens is 3. The summed E-state index contributed by atoms with van der Waals surface area (Å²) in [4.78, 5) is 29.5. The lowest BCUT2D eigenvalue weighted by Crippen LogP contribution is -2.68. The summed E-state index contributed by atoms with van der Waals surface area (Å²) in [6.45, 7) is 2.75. The smallest absolute Gasteiger partial charge is 0.491 e. The zero-order valence-corrected chi connectivity index (χ0v) is 28.4. The van der Waals surface area contributed by atoms with E-state index in [0.29, 0.717) is 29.5 Å². The van der Waals surface area contributed by atoms with Gasteiger partial charge in [-0.1, -0.05) is 36.4 Å². The highest BCUT2D eigenvalue weighted by molar-refractivity contribution is 5.80. The van der Waals surface area contributed by atoms with Crippen LogP contribution < -0.4 is 18.9 Å².